The van der Waals surface area contributed by atoms with E-state index in [2.05, 4.69) is 26.0 Å². The number of hydrogen-bond donors (Lipinski definition) is 1. The maximum absolute atomic E-state index is 12.7. The molecule has 0 heterocycles. The molecule has 9 nitrogen and oxygen atoms in total. The van der Waals surface area contributed by atoms with Gasteiger partial charge in [-0.15, -0.1) is 0 Å². The highest BCUT2D eigenvalue weighted by Crippen LogP contribution is 2.43. The minimum atomic E-state index is -4.36. The fraction of sp³-hybridized carbons (Fsp3) is 0.918. The van der Waals surface area contributed by atoms with Gasteiger partial charge < -0.3 is 19.3 Å². The predicted molar refractivity (Wildman–Crippen MR) is 248 cm³/mol. The van der Waals surface area contributed by atoms with Crippen molar-refractivity contribution in [3.63, 3.8) is 0 Å². The lowest BCUT2D eigenvalue weighted by Gasteiger charge is -2.20. The van der Waals surface area contributed by atoms with Gasteiger partial charge in [-0.25, -0.2) is 4.57 Å². The number of unbranched alkanes of at least 4 members (excludes halogenated alkanes) is 31. The van der Waals surface area contributed by atoms with Crippen LogP contribution >= 0.6 is 7.82 Å². The molecule has 0 saturated heterocycles. The van der Waals surface area contributed by atoms with E-state index in [1.54, 1.807) is 0 Å². The quantitative estimate of drug-likeness (QED) is 0.0277. The van der Waals surface area contributed by atoms with E-state index in [0.717, 1.165) is 51.4 Å². The Morgan fingerprint density at radius 1 is 0.508 bits per heavy atom. The Morgan fingerprint density at radius 2 is 0.864 bits per heavy atom. The average Bonchev–Trinajstić information content (AvgIpc) is 3.20. The van der Waals surface area contributed by atoms with Gasteiger partial charge in [0.05, 0.1) is 13.2 Å². The SMILES string of the molecule is CCCCCCCC/C=C\CCCCCCCC(=O)OC(COC(=O)CCCCCCCCCCCCCCCCCCCCCCC)COP(=O)(O)OCCN(C)C. The molecular weight excluding hydrogens is 762 g/mol. The topological polar surface area (TPSA) is 112 Å². The van der Waals surface area contributed by atoms with Crippen molar-refractivity contribution in [2.75, 3.05) is 40.5 Å². The maximum atomic E-state index is 12.7. The van der Waals surface area contributed by atoms with E-state index in [4.69, 9.17) is 18.5 Å². The lowest BCUT2D eigenvalue weighted by molar-refractivity contribution is -0.161. The van der Waals surface area contributed by atoms with Gasteiger partial charge in [0.25, 0.3) is 0 Å². The van der Waals surface area contributed by atoms with E-state index in [9.17, 15) is 19.0 Å². The van der Waals surface area contributed by atoms with Gasteiger partial charge in [0.1, 0.15) is 6.61 Å². The van der Waals surface area contributed by atoms with Crippen molar-refractivity contribution < 1.29 is 37.6 Å². The molecule has 0 radical (unpaired) electrons. The van der Waals surface area contributed by atoms with Crippen LogP contribution in [-0.2, 0) is 32.7 Å². The molecule has 0 aliphatic carbocycles. The van der Waals surface area contributed by atoms with Crippen molar-refractivity contribution in [1.29, 1.82) is 0 Å². The summed E-state index contributed by atoms with van der Waals surface area (Å²) in [5, 5.41) is 0. The predicted octanol–water partition coefficient (Wildman–Crippen LogP) is 14.8. The number of phosphoric ester groups is 1. The second-order valence-electron chi connectivity index (χ2n) is 17.4. The van der Waals surface area contributed by atoms with Crippen LogP contribution in [0.3, 0.4) is 0 Å². The normalized spacial score (nSPS) is 13.3. The zero-order valence-corrected chi connectivity index (χ0v) is 40.1. The van der Waals surface area contributed by atoms with Crippen molar-refractivity contribution in [2.45, 2.75) is 251 Å². The molecule has 0 aromatic heterocycles. The van der Waals surface area contributed by atoms with Gasteiger partial charge in [-0.05, 0) is 52.6 Å². The maximum Gasteiger partial charge on any atom is 0.472 e. The molecule has 0 fully saturated rings. The monoisotopic (exact) mass is 858 g/mol. The highest BCUT2D eigenvalue weighted by molar-refractivity contribution is 7.47. The van der Waals surface area contributed by atoms with Gasteiger partial charge in [0, 0.05) is 19.4 Å². The molecule has 1 N–H and O–H groups in total. The number of ether oxygens (including phenoxy) is 2. The summed E-state index contributed by atoms with van der Waals surface area (Å²) in [5.41, 5.74) is 0. The lowest BCUT2D eigenvalue weighted by Crippen LogP contribution is -2.29. The standard InChI is InChI=1S/C49H96NO8P/c1-5-7-9-11-13-15-17-19-21-22-23-24-25-26-28-29-31-33-35-37-39-41-48(51)55-45-47(46-57-59(53,54)56-44-43-50(3)4)58-49(52)42-40-38-36-34-32-30-27-20-18-16-14-12-10-8-6-2/h20,27,47H,5-19,21-26,28-46H2,1-4H3,(H,53,54)/b27-20-. The van der Waals surface area contributed by atoms with Crippen LogP contribution in [0.5, 0.6) is 0 Å². The Morgan fingerprint density at radius 3 is 1.25 bits per heavy atom. The van der Waals surface area contributed by atoms with Crippen molar-refractivity contribution >= 4 is 19.8 Å². The molecule has 0 bridgehead atoms. The largest absolute Gasteiger partial charge is 0.472 e. The molecule has 0 amide bonds. The molecular formula is C49H96NO8P. The van der Waals surface area contributed by atoms with Crippen molar-refractivity contribution in [3.8, 4) is 0 Å². The van der Waals surface area contributed by atoms with E-state index < -0.39 is 26.5 Å². The Labute approximate surface area is 364 Å². The number of phosphoric acid groups is 1. The third kappa shape index (κ3) is 46.1. The Hall–Kier alpha value is -1.25. The molecule has 2 atom stereocenters. The molecule has 0 rings (SSSR count). The van der Waals surface area contributed by atoms with Gasteiger partial charge >= 0.3 is 19.8 Å². The van der Waals surface area contributed by atoms with Crippen LogP contribution in [0, 0.1) is 0 Å². The first-order valence-electron chi connectivity index (χ1n) is 25.0. The van der Waals surface area contributed by atoms with Crippen LogP contribution < -0.4 is 0 Å². The van der Waals surface area contributed by atoms with Crippen LogP contribution in [0.4, 0.5) is 0 Å². The number of likely N-dealkylation sites (N-methyl/N-ethyl adjacent to an activating group) is 1. The van der Waals surface area contributed by atoms with Gasteiger partial charge in [0.2, 0.25) is 0 Å². The smallest absolute Gasteiger partial charge is 0.462 e. The number of nitrogens with zero attached hydrogens (tertiary/aromatic N) is 1. The first-order chi connectivity index (χ1) is 28.7. The second-order valence-corrected chi connectivity index (χ2v) is 18.8. The summed E-state index contributed by atoms with van der Waals surface area (Å²) in [5.74, 6) is -0.798. The molecule has 0 aliphatic heterocycles. The molecule has 2 unspecified atom stereocenters. The summed E-state index contributed by atoms with van der Waals surface area (Å²) in [7, 11) is -0.705. The number of carbonyl (C=O) groups excluding carboxylic acids is 2. The fourth-order valence-corrected chi connectivity index (χ4v) is 7.96. The number of carbonyl (C=O) groups is 2. The summed E-state index contributed by atoms with van der Waals surface area (Å²) >= 11 is 0. The lowest BCUT2D eigenvalue weighted by atomic mass is 10.0. The molecule has 0 spiro atoms. The Balaban J connectivity index is 4.14. The third-order valence-electron chi connectivity index (χ3n) is 11.1. The number of rotatable bonds is 47. The van der Waals surface area contributed by atoms with E-state index >= 15 is 0 Å². The first-order valence-corrected chi connectivity index (χ1v) is 26.5. The average molecular weight is 858 g/mol. The van der Waals surface area contributed by atoms with E-state index in [0.29, 0.717) is 19.4 Å². The summed E-state index contributed by atoms with van der Waals surface area (Å²) in [6.07, 6.45) is 46.9. The number of allylic oxidation sites excluding steroid dienone is 2. The van der Waals surface area contributed by atoms with Crippen LogP contribution in [0.25, 0.3) is 0 Å². The Bertz CT molecular complexity index is 993. The molecule has 10 heteroatoms. The zero-order valence-electron chi connectivity index (χ0n) is 39.2. The highest BCUT2D eigenvalue weighted by Gasteiger charge is 2.26. The van der Waals surface area contributed by atoms with Crippen LogP contribution in [0.2, 0.25) is 0 Å². The summed E-state index contributed by atoms with van der Waals surface area (Å²) in [6.45, 7) is 4.36. The minimum Gasteiger partial charge on any atom is -0.462 e. The molecule has 0 aromatic rings. The van der Waals surface area contributed by atoms with Gasteiger partial charge in [-0.3, -0.25) is 18.6 Å². The van der Waals surface area contributed by atoms with Gasteiger partial charge in [0.15, 0.2) is 6.10 Å². The molecule has 350 valence electrons. The summed E-state index contributed by atoms with van der Waals surface area (Å²) in [6, 6.07) is 0. The fourth-order valence-electron chi connectivity index (χ4n) is 7.21. The van der Waals surface area contributed by atoms with Crippen LogP contribution in [0.1, 0.15) is 245 Å². The highest BCUT2D eigenvalue weighted by atomic mass is 31.2. The Kier molecular flexibility index (Phi) is 43.8. The number of hydrogen-bond acceptors (Lipinski definition) is 8. The van der Waals surface area contributed by atoms with Gasteiger partial charge in [-0.2, -0.15) is 0 Å². The third-order valence-corrected chi connectivity index (χ3v) is 12.1. The van der Waals surface area contributed by atoms with Crippen molar-refractivity contribution in [1.82, 2.24) is 4.90 Å². The van der Waals surface area contributed by atoms with E-state index in [1.165, 1.54) is 161 Å². The van der Waals surface area contributed by atoms with E-state index in [1.807, 2.05) is 19.0 Å². The molecule has 0 aromatic carbocycles. The summed E-state index contributed by atoms with van der Waals surface area (Å²) < 4.78 is 33.6. The van der Waals surface area contributed by atoms with E-state index in [-0.39, 0.29) is 25.6 Å². The molecule has 0 aliphatic rings. The second kappa shape index (κ2) is 44.8. The van der Waals surface area contributed by atoms with Crippen molar-refractivity contribution in [3.05, 3.63) is 12.2 Å². The zero-order chi connectivity index (χ0) is 43.3. The molecule has 59 heavy (non-hydrogen) atoms. The minimum absolute atomic E-state index is 0.00913. The number of esters is 2. The summed E-state index contributed by atoms with van der Waals surface area (Å²) in [4.78, 5) is 37.1. The van der Waals surface area contributed by atoms with Crippen LogP contribution in [0.15, 0.2) is 12.2 Å². The molecule has 0 saturated carbocycles. The first kappa shape index (κ1) is 57.8. The van der Waals surface area contributed by atoms with Crippen molar-refractivity contribution in [2.24, 2.45) is 0 Å². The van der Waals surface area contributed by atoms with Gasteiger partial charge in [-0.1, -0.05) is 206 Å². The van der Waals surface area contributed by atoms with Crippen LogP contribution in [-0.4, -0.2) is 68.3 Å².